The van der Waals surface area contributed by atoms with Crippen LogP contribution >= 0.6 is 0 Å². The maximum atomic E-state index is 9.46. The van der Waals surface area contributed by atoms with Crippen LogP contribution in [0.3, 0.4) is 0 Å². The van der Waals surface area contributed by atoms with Gasteiger partial charge in [0.2, 0.25) is 5.95 Å². The van der Waals surface area contributed by atoms with E-state index in [1.54, 1.807) is 43.9 Å². The summed E-state index contributed by atoms with van der Waals surface area (Å²) in [6.45, 7) is 4.41. The molecule has 0 radical (unpaired) electrons. The molecule has 4 aromatic rings. The largest absolute Gasteiger partial charge is 0.508 e. The number of aromatic nitrogens is 5. The van der Waals surface area contributed by atoms with E-state index in [-0.39, 0.29) is 11.7 Å². The second-order valence-corrected chi connectivity index (χ2v) is 6.69. The first-order valence-electron chi connectivity index (χ1n) is 8.99. The normalized spacial score (nSPS) is 11.0. The highest BCUT2D eigenvalue weighted by atomic mass is 16.5. The average molecular weight is 391 g/mol. The summed E-state index contributed by atoms with van der Waals surface area (Å²) in [6, 6.07) is 6.65. The van der Waals surface area contributed by atoms with Crippen molar-refractivity contribution in [1.82, 2.24) is 24.5 Å². The highest BCUT2D eigenvalue weighted by Gasteiger charge is 2.15. The molecule has 0 spiro atoms. The first kappa shape index (κ1) is 18.5. The number of hydrogen-bond acceptors (Lipinski definition) is 8. The molecule has 0 unspecified atom stereocenters. The van der Waals surface area contributed by atoms with Crippen LogP contribution in [0, 0.1) is 13.8 Å². The quantitative estimate of drug-likeness (QED) is 0.444. The minimum Gasteiger partial charge on any atom is -0.508 e. The number of nitrogens with one attached hydrogen (secondary N) is 1. The van der Waals surface area contributed by atoms with Gasteiger partial charge in [0.1, 0.15) is 11.5 Å². The lowest BCUT2D eigenvalue weighted by Gasteiger charge is -2.13. The van der Waals surface area contributed by atoms with Crippen molar-refractivity contribution in [1.29, 1.82) is 0 Å². The highest BCUT2D eigenvalue weighted by Crippen LogP contribution is 2.27. The van der Waals surface area contributed by atoms with E-state index in [2.05, 4.69) is 25.3 Å². The standard InChI is InChI=1S/C20H21N7O2/c1-11-8-22-15(12(2)17(11)29-3)9-27-10-23-16-18(25-20(21)26-19(16)27)24-13-4-6-14(28)7-5-13/h4-8,10,28H,9H2,1-3H3,(H3,21,24,25,26). The topological polar surface area (TPSA) is 124 Å². The molecule has 148 valence electrons. The third kappa shape index (κ3) is 3.49. The molecule has 0 saturated carbocycles. The summed E-state index contributed by atoms with van der Waals surface area (Å²) in [6.07, 6.45) is 3.48. The van der Waals surface area contributed by atoms with Crippen LogP contribution in [0.1, 0.15) is 16.8 Å². The van der Waals surface area contributed by atoms with Gasteiger partial charge in [-0.3, -0.25) is 4.98 Å². The smallest absolute Gasteiger partial charge is 0.224 e. The maximum Gasteiger partial charge on any atom is 0.224 e. The van der Waals surface area contributed by atoms with Crippen molar-refractivity contribution < 1.29 is 9.84 Å². The molecule has 0 bridgehead atoms. The first-order valence-corrected chi connectivity index (χ1v) is 8.99. The number of fused-ring (bicyclic) bond motifs is 1. The Morgan fingerprint density at radius 3 is 2.62 bits per heavy atom. The zero-order valence-electron chi connectivity index (χ0n) is 16.3. The molecular weight excluding hydrogens is 370 g/mol. The Morgan fingerprint density at radius 1 is 1.14 bits per heavy atom. The fourth-order valence-electron chi connectivity index (χ4n) is 3.24. The summed E-state index contributed by atoms with van der Waals surface area (Å²) in [7, 11) is 1.65. The average Bonchev–Trinajstić information content (AvgIpc) is 3.09. The molecule has 4 N–H and O–H groups in total. The van der Waals surface area contributed by atoms with Gasteiger partial charge < -0.3 is 25.5 Å². The second-order valence-electron chi connectivity index (χ2n) is 6.69. The number of ether oxygens (including phenoxy) is 1. The Kier molecular flexibility index (Phi) is 4.63. The summed E-state index contributed by atoms with van der Waals surface area (Å²) >= 11 is 0. The number of pyridine rings is 1. The molecule has 3 aromatic heterocycles. The molecule has 0 amide bonds. The van der Waals surface area contributed by atoms with Crippen molar-refractivity contribution in [3.8, 4) is 11.5 Å². The number of aromatic hydroxyl groups is 1. The summed E-state index contributed by atoms with van der Waals surface area (Å²) in [4.78, 5) is 17.7. The van der Waals surface area contributed by atoms with Crippen molar-refractivity contribution in [2.75, 3.05) is 18.2 Å². The first-order chi connectivity index (χ1) is 14.0. The van der Waals surface area contributed by atoms with Crippen LogP contribution in [0.25, 0.3) is 11.2 Å². The second kappa shape index (κ2) is 7.27. The van der Waals surface area contributed by atoms with Crippen LogP contribution < -0.4 is 15.8 Å². The number of rotatable bonds is 5. The van der Waals surface area contributed by atoms with E-state index in [1.165, 1.54) is 0 Å². The number of nitrogens with zero attached hydrogens (tertiary/aromatic N) is 5. The van der Waals surface area contributed by atoms with Crippen LogP contribution in [0.15, 0.2) is 36.8 Å². The third-order valence-corrected chi connectivity index (χ3v) is 4.68. The summed E-state index contributed by atoms with van der Waals surface area (Å²) in [5.74, 6) is 1.63. The molecule has 29 heavy (non-hydrogen) atoms. The molecule has 9 heteroatoms. The number of nitrogens with two attached hydrogens (primary N) is 1. The predicted octanol–water partition coefficient (Wildman–Crippen LogP) is 2.93. The molecule has 0 atom stereocenters. The maximum absolute atomic E-state index is 9.46. The van der Waals surface area contributed by atoms with Crippen molar-refractivity contribution in [3.63, 3.8) is 0 Å². The molecule has 0 aliphatic heterocycles. The van der Waals surface area contributed by atoms with Gasteiger partial charge >= 0.3 is 0 Å². The van der Waals surface area contributed by atoms with Gasteiger partial charge in [-0.15, -0.1) is 0 Å². The van der Waals surface area contributed by atoms with Gasteiger partial charge in [-0.05, 0) is 38.1 Å². The molecule has 0 saturated heterocycles. The monoisotopic (exact) mass is 391 g/mol. The van der Waals surface area contributed by atoms with Crippen molar-refractivity contribution in [2.24, 2.45) is 0 Å². The molecular formula is C20H21N7O2. The molecule has 0 aliphatic carbocycles. The van der Waals surface area contributed by atoms with Crippen LogP contribution in [0.5, 0.6) is 11.5 Å². The van der Waals surface area contributed by atoms with Gasteiger partial charge in [-0.2, -0.15) is 9.97 Å². The van der Waals surface area contributed by atoms with E-state index in [0.29, 0.717) is 23.5 Å². The van der Waals surface area contributed by atoms with Gasteiger partial charge in [0, 0.05) is 23.0 Å². The van der Waals surface area contributed by atoms with Gasteiger partial charge in [-0.1, -0.05) is 0 Å². The number of aryl methyl sites for hydroxylation is 1. The van der Waals surface area contributed by atoms with Crippen LogP contribution in [0.4, 0.5) is 17.5 Å². The molecule has 3 heterocycles. The Labute approximate surface area is 167 Å². The number of hydrogen-bond donors (Lipinski definition) is 3. The zero-order valence-corrected chi connectivity index (χ0v) is 16.3. The molecule has 9 nitrogen and oxygen atoms in total. The number of nitrogen functional groups attached to an aromatic ring is 1. The minimum atomic E-state index is 0.131. The van der Waals surface area contributed by atoms with E-state index in [0.717, 1.165) is 28.3 Å². The van der Waals surface area contributed by atoms with Crippen LogP contribution in [-0.4, -0.2) is 36.7 Å². The molecule has 4 rings (SSSR count). The van der Waals surface area contributed by atoms with Crippen LogP contribution in [-0.2, 0) is 6.54 Å². The van der Waals surface area contributed by atoms with Crippen molar-refractivity contribution in [2.45, 2.75) is 20.4 Å². The summed E-state index contributed by atoms with van der Waals surface area (Å²) in [5, 5.41) is 12.6. The predicted molar refractivity (Wildman–Crippen MR) is 110 cm³/mol. The fourth-order valence-corrected chi connectivity index (χ4v) is 3.24. The lowest BCUT2D eigenvalue weighted by Crippen LogP contribution is -2.07. The van der Waals surface area contributed by atoms with Crippen molar-refractivity contribution in [3.05, 3.63) is 53.6 Å². The van der Waals surface area contributed by atoms with Gasteiger partial charge in [-0.25, -0.2) is 4.98 Å². The number of methoxy groups -OCH3 is 1. The SMILES string of the molecule is COc1c(C)cnc(Cn2cnc3c(Nc4ccc(O)cc4)nc(N)nc32)c1C. The number of imidazole rings is 1. The molecule has 0 aliphatic rings. The Balaban J connectivity index is 1.72. The number of phenolic OH excluding ortho intramolecular Hbond substituents is 1. The van der Waals surface area contributed by atoms with Crippen LogP contribution in [0.2, 0.25) is 0 Å². The van der Waals surface area contributed by atoms with Crippen molar-refractivity contribution >= 4 is 28.6 Å². The summed E-state index contributed by atoms with van der Waals surface area (Å²) < 4.78 is 7.37. The van der Waals surface area contributed by atoms with E-state index in [4.69, 9.17) is 10.5 Å². The van der Waals surface area contributed by atoms with Gasteiger partial charge in [0.05, 0.1) is 25.7 Å². The van der Waals surface area contributed by atoms with E-state index < -0.39 is 0 Å². The Bertz CT molecular complexity index is 1190. The highest BCUT2D eigenvalue weighted by molar-refractivity contribution is 5.86. The Morgan fingerprint density at radius 2 is 1.90 bits per heavy atom. The Hall–Kier alpha value is -3.88. The van der Waals surface area contributed by atoms with E-state index in [1.807, 2.05) is 18.4 Å². The van der Waals surface area contributed by atoms with E-state index >= 15 is 0 Å². The molecule has 0 fully saturated rings. The molecule has 1 aromatic carbocycles. The van der Waals surface area contributed by atoms with E-state index in [9.17, 15) is 5.11 Å². The minimum absolute atomic E-state index is 0.131. The van der Waals surface area contributed by atoms with Gasteiger partial charge in [0.15, 0.2) is 17.0 Å². The lowest BCUT2D eigenvalue weighted by molar-refractivity contribution is 0.406. The number of anilines is 3. The lowest BCUT2D eigenvalue weighted by atomic mass is 10.1. The fraction of sp³-hybridized carbons (Fsp3) is 0.200. The van der Waals surface area contributed by atoms with Gasteiger partial charge in [0.25, 0.3) is 0 Å². The summed E-state index contributed by atoms with van der Waals surface area (Å²) in [5.41, 5.74) is 10.7. The zero-order chi connectivity index (χ0) is 20.5. The number of phenols is 1. The third-order valence-electron chi connectivity index (χ3n) is 4.68. The number of benzene rings is 1.